The lowest BCUT2D eigenvalue weighted by molar-refractivity contribution is -0.141. The van der Waals surface area contributed by atoms with Crippen LogP contribution in [0.25, 0.3) is 0 Å². The summed E-state index contributed by atoms with van der Waals surface area (Å²) < 4.78 is 43.0. The SMILES string of the molecule is CC(S)COCC(COCC(C)S)(COCC(C)S)COCC(COCC(C)S)(COCC(C)S)COCC(C)S. The van der Waals surface area contributed by atoms with Crippen LogP contribution in [0.4, 0.5) is 0 Å². The van der Waals surface area contributed by atoms with Crippen LogP contribution in [-0.4, -0.2) is 124 Å². The van der Waals surface area contributed by atoms with Gasteiger partial charge in [0.25, 0.3) is 0 Å². The molecule has 0 aromatic rings. The van der Waals surface area contributed by atoms with Crippen LogP contribution in [0.15, 0.2) is 0 Å². The van der Waals surface area contributed by atoms with Crippen LogP contribution in [0.3, 0.4) is 0 Å². The minimum Gasteiger partial charge on any atom is -0.380 e. The first kappa shape index (κ1) is 42.8. The average molecular weight is 699 g/mol. The van der Waals surface area contributed by atoms with Crippen molar-refractivity contribution in [2.45, 2.75) is 73.0 Å². The summed E-state index contributed by atoms with van der Waals surface area (Å²) in [6.45, 7) is 18.0. The molecule has 0 amide bonds. The Morgan fingerprint density at radius 1 is 0.317 bits per heavy atom. The summed E-state index contributed by atoms with van der Waals surface area (Å²) in [5.41, 5.74) is -1.11. The summed E-state index contributed by atoms with van der Waals surface area (Å²) in [6.07, 6.45) is 0. The van der Waals surface area contributed by atoms with E-state index in [-0.39, 0.29) is 31.5 Å². The first-order chi connectivity index (χ1) is 19.2. The maximum absolute atomic E-state index is 6.52. The fourth-order valence-corrected chi connectivity index (χ4v) is 4.29. The van der Waals surface area contributed by atoms with E-state index in [9.17, 15) is 0 Å². The van der Waals surface area contributed by atoms with Crippen LogP contribution in [0, 0.1) is 10.8 Å². The Morgan fingerprint density at radius 2 is 0.463 bits per heavy atom. The van der Waals surface area contributed by atoms with Gasteiger partial charge < -0.3 is 33.2 Å². The monoisotopic (exact) mass is 698 g/mol. The van der Waals surface area contributed by atoms with Gasteiger partial charge in [-0.1, -0.05) is 41.5 Å². The topological polar surface area (TPSA) is 64.6 Å². The fourth-order valence-electron chi connectivity index (χ4n) is 3.66. The third kappa shape index (κ3) is 24.7. The van der Waals surface area contributed by atoms with Gasteiger partial charge in [0.1, 0.15) is 0 Å². The van der Waals surface area contributed by atoms with Gasteiger partial charge in [0.05, 0.1) is 103 Å². The Hall–Kier alpha value is 1.82. The molecule has 248 valence electrons. The molecule has 0 heterocycles. The second kappa shape index (κ2) is 25.0. The number of ether oxygens (including phenoxy) is 7. The molecule has 0 aromatic heterocycles. The molecule has 6 atom stereocenters. The van der Waals surface area contributed by atoms with E-state index in [2.05, 4.69) is 75.8 Å². The average Bonchev–Trinajstić information content (AvgIpc) is 2.82. The van der Waals surface area contributed by atoms with Crippen LogP contribution >= 0.6 is 75.8 Å². The summed E-state index contributed by atoms with van der Waals surface area (Å²) >= 11 is 26.8. The van der Waals surface area contributed by atoms with Crippen molar-refractivity contribution in [3.8, 4) is 0 Å². The maximum atomic E-state index is 6.52. The van der Waals surface area contributed by atoms with Gasteiger partial charge in [-0.3, -0.25) is 0 Å². The highest BCUT2D eigenvalue weighted by atomic mass is 32.1. The zero-order valence-corrected chi connectivity index (χ0v) is 31.3. The van der Waals surface area contributed by atoms with Gasteiger partial charge >= 0.3 is 0 Å². The highest BCUT2D eigenvalue weighted by molar-refractivity contribution is 7.81. The Balaban J connectivity index is 5.90. The first-order valence-corrected chi connectivity index (χ1v) is 17.4. The Morgan fingerprint density at radius 3 is 0.610 bits per heavy atom. The smallest absolute Gasteiger partial charge is 0.0637 e. The molecule has 0 rings (SSSR count). The van der Waals surface area contributed by atoms with Crippen LogP contribution < -0.4 is 0 Å². The standard InChI is InChI=1S/C28H58O7S6/c1-21(36)7-29-13-27(14-30-8-22(2)37,15-31-9-23(3)38)19-35-20-28(16-32-10-24(4)39,17-33-11-25(5)40)18-34-12-26(6)41/h21-26,36-41H,7-20H2,1-6H3. The quantitative estimate of drug-likeness (QED) is 0.0645. The largest absolute Gasteiger partial charge is 0.380 e. The first-order valence-electron chi connectivity index (χ1n) is 14.3. The van der Waals surface area contributed by atoms with Crippen molar-refractivity contribution in [1.82, 2.24) is 0 Å². The van der Waals surface area contributed by atoms with Crippen LogP contribution in [0.5, 0.6) is 0 Å². The van der Waals surface area contributed by atoms with E-state index in [0.29, 0.717) is 92.5 Å². The molecule has 0 radical (unpaired) electrons. The highest BCUT2D eigenvalue weighted by Gasteiger charge is 2.37. The number of rotatable bonds is 28. The van der Waals surface area contributed by atoms with Crippen molar-refractivity contribution in [3.05, 3.63) is 0 Å². The molecule has 0 aliphatic carbocycles. The van der Waals surface area contributed by atoms with Crippen LogP contribution in [0.2, 0.25) is 0 Å². The lowest BCUT2D eigenvalue weighted by atomic mass is 9.90. The highest BCUT2D eigenvalue weighted by Crippen LogP contribution is 2.26. The van der Waals surface area contributed by atoms with E-state index in [0.717, 1.165) is 0 Å². The van der Waals surface area contributed by atoms with E-state index in [1.165, 1.54) is 0 Å². The molecule has 0 aliphatic rings. The number of thiol groups is 6. The molecule has 0 N–H and O–H groups in total. The van der Waals surface area contributed by atoms with E-state index in [1.807, 2.05) is 41.5 Å². The summed E-state index contributed by atoms with van der Waals surface area (Å²) in [7, 11) is 0. The molecule has 0 aliphatic heterocycles. The summed E-state index contributed by atoms with van der Waals surface area (Å²) in [5, 5.41) is 0.595. The van der Waals surface area contributed by atoms with Crippen molar-refractivity contribution >= 4 is 75.8 Å². The van der Waals surface area contributed by atoms with E-state index < -0.39 is 10.8 Å². The van der Waals surface area contributed by atoms with Crippen LogP contribution in [-0.2, 0) is 33.2 Å². The molecular formula is C28H58O7S6. The van der Waals surface area contributed by atoms with Gasteiger partial charge in [0, 0.05) is 31.5 Å². The minimum absolute atomic E-state index is 0.0992. The molecule has 13 heteroatoms. The van der Waals surface area contributed by atoms with Gasteiger partial charge in [0.15, 0.2) is 0 Å². The zero-order valence-electron chi connectivity index (χ0n) is 25.9. The summed E-state index contributed by atoms with van der Waals surface area (Å²) in [4.78, 5) is 0. The molecule has 0 fully saturated rings. The van der Waals surface area contributed by atoms with Gasteiger partial charge in [-0.2, -0.15) is 75.8 Å². The van der Waals surface area contributed by atoms with E-state index in [4.69, 9.17) is 33.2 Å². The van der Waals surface area contributed by atoms with Crippen molar-refractivity contribution < 1.29 is 33.2 Å². The van der Waals surface area contributed by atoms with Gasteiger partial charge in [-0.05, 0) is 0 Å². The third-order valence-electron chi connectivity index (χ3n) is 5.42. The minimum atomic E-state index is -0.554. The predicted molar refractivity (Wildman–Crippen MR) is 191 cm³/mol. The zero-order chi connectivity index (χ0) is 31.3. The molecule has 0 aromatic carbocycles. The van der Waals surface area contributed by atoms with Crippen molar-refractivity contribution in [3.63, 3.8) is 0 Å². The van der Waals surface area contributed by atoms with Gasteiger partial charge in [-0.25, -0.2) is 0 Å². The van der Waals surface area contributed by atoms with Crippen molar-refractivity contribution in [2.75, 3.05) is 92.5 Å². The molecule has 0 saturated heterocycles. The Bertz CT molecular complexity index is 490. The Kier molecular flexibility index (Phi) is 26.1. The maximum Gasteiger partial charge on any atom is 0.0637 e. The molecule has 0 spiro atoms. The van der Waals surface area contributed by atoms with Gasteiger partial charge in [-0.15, -0.1) is 0 Å². The van der Waals surface area contributed by atoms with Gasteiger partial charge in [0.2, 0.25) is 0 Å². The summed E-state index contributed by atoms with van der Waals surface area (Å²) in [6, 6.07) is 0. The predicted octanol–water partition coefficient (Wildman–Crippen LogP) is 4.99. The third-order valence-corrected chi connectivity index (χ3v) is 6.31. The lowest BCUT2D eigenvalue weighted by Crippen LogP contribution is -2.46. The second-order valence-electron chi connectivity index (χ2n) is 11.7. The number of hydrogen-bond acceptors (Lipinski definition) is 13. The molecular weight excluding hydrogens is 641 g/mol. The van der Waals surface area contributed by atoms with Crippen molar-refractivity contribution in [2.24, 2.45) is 10.8 Å². The molecule has 0 bridgehead atoms. The molecule has 6 unspecified atom stereocenters. The molecule has 0 saturated carbocycles. The van der Waals surface area contributed by atoms with Crippen molar-refractivity contribution in [1.29, 1.82) is 0 Å². The van der Waals surface area contributed by atoms with E-state index in [1.54, 1.807) is 0 Å². The molecule has 41 heavy (non-hydrogen) atoms. The Labute approximate surface area is 283 Å². The fraction of sp³-hybridized carbons (Fsp3) is 1.00. The van der Waals surface area contributed by atoms with Crippen LogP contribution in [0.1, 0.15) is 41.5 Å². The molecule has 7 nitrogen and oxygen atoms in total. The number of hydrogen-bond donors (Lipinski definition) is 6. The normalized spacial score (nSPS) is 19.6. The lowest BCUT2D eigenvalue weighted by Gasteiger charge is -2.37. The second-order valence-corrected chi connectivity index (χ2v) is 17.0. The summed E-state index contributed by atoms with van der Waals surface area (Å²) in [5.74, 6) is 0. The van der Waals surface area contributed by atoms with E-state index >= 15 is 0 Å².